The largest absolute Gasteiger partial charge is 0.399 e. The van der Waals surface area contributed by atoms with Gasteiger partial charge in [0.15, 0.2) is 0 Å². The fraction of sp³-hybridized carbons (Fsp3) is 0.400. The van der Waals surface area contributed by atoms with Gasteiger partial charge in [0.2, 0.25) is 10.0 Å². The molecule has 7 heteroatoms. The number of sulfonamides is 1. The monoisotopic (exact) mass is 336 g/mol. The Morgan fingerprint density at radius 3 is 2.53 bits per heavy atom. The van der Waals surface area contributed by atoms with Crippen molar-refractivity contribution in [1.29, 1.82) is 0 Å². The molecule has 0 aliphatic carbocycles. The number of nitrogen functional groups attached to an aromatic ring is 1. The van der Waals surface area contributed by atoms with Gasteiger partial charge in [0.1, 0.15) is 0 Å². The number of anilines is 1. The van der Waals surface area contributed by atoms with Crippen molar-refractivity contribution >= 4 is 43.4 Å². The van der Waals surface area contributed by atoms with Gasteiger partial charge in [-0.25, -0.2) is 8.42 Å². The summed E-state index contributed by atoms with van der Waals surface area (Å²) in [6.07, 6.45) is 0. The lowest BCUT2D eigenvalue weighted by molar-refractivity contribution is 0.443. The predicted octanol–water partition coefficient (Wildman–Crippen LogP) is 1.77. The number of nitrogens with zero attached hydrogens (tertiary/aromatic N) is 1. The van der Waals surface area contributed by atoms with Gasteiger partial charge < -0.3 is 5.73 Å². The standard InChI is InChI=1S/C10H13BrN2O2S2/c11-9-7-8(12)1-2-10(9)17(14,15)13-3-5-16-6-4-13/h1-2,7H,3-6,12H2. The van der Waals surface area contributed by atoms with Crippen LogP contribution in [0.15, 0.2) is 27.6 Å². The number of hydrogen-bond acceptors (Lipinski definition) is 4. The van der Waals surface area contributed by atoms with E-state index in [4.69, 9.17) is 5.73 Å². The maximum Gasteiger partial charge on any atom is 0.244 e. The van der Waals surface area contributed by atoms with Crippen LogP contribution < -0.4 is 5.73 Å². The molecule has 2 rings (SSSR count). The van der Waals surface area contributed by atoms with E-state index in [0.717, 1.165) is 11.5 Å². The zero-order valence-electron chi connectivity index (χ0n) is 9.10. The molecule has 1 aromatic rings. The molecule has 0 radical (unpaired) electrons. The summed E-state index contributed by atoms with van der Waals surface area (Å²) in [4.78, 5) is 0.290. The van der Waals surface area contributed by atoms with E-state index in [1.165, 1.54) is 4.31 Å². The van der Waals surface area contributed by atoms with Crippen LogP contribution in [0.1, 0.15) is 0 Å². The summed E-state index contributed by atoms with van der Waals surface area (Å²) in [6, 6.07) is 4.78. The van der Waals surface area contributed by atoms with Crippen molar-refractivity contribution in [3.63, 3.8) is 0 Å². The Balaban J connectivity index is 2.37. The van der Waals surface area contributed by atoms with Crippen LogP contribution in [0.5, 0.6) is 0 Å². The first kappa shape index (κ1) is 13.2. The summed E-state index contributed by atoms with van der Waals surface area (Å²) >= 11 is 5.04. The smallest absolute Gasteiger partial charge is 0.244 e. The van der Waals surface area contributed by atoms with E-state index in [1.54, 1.807) is 30.0 Å². The van der Waals surface area contributed by atoms with Crippen LogP contribution in [0.3, 0.4) is 0 Å². The first-order chi connectivity index (χ1) is 8.01. The van der Waals surface area contributed by atoms with E-state index in [9.17, 15) is 8.42 Å². The van der Waals surface area contributed by atoms with Crippen molar-refractivity contribution < 1.29 is 8.42 Å². The molecule has 1 aliphatic rings. The van der Waals surface area contributed by atoms with Gasteiger partial charge in [-0.2, -0.15) is 16.1 Å². The van der Waals surface area contributed by atoms with Crippen molar-refractivity contribution in [2.75, 3.05) is 30.3 Å². The molecule has 1 aromatic carbocycles. The van der Waals surface area contributed by atoms with Gasteiger partial charge in [-0.05, 0) is 34.1 Å². The van der Waals surface area contributed by atoms with Crippen molar-refractivity contribution in [2.45, 2.75) is 4.90 Å². The lowest BCUT2D eigenvalue weighted by Gasteiger charge is -2.26. The molecule has 1 fully saturated rings. The third kappa shape index (κ3) is 2.78. The molecule has 0 bridgehead atoms. The van der Waals surface area contributed by atoms with Crippen molar-refractivity contribution in [3.05, 3.63) is 22.7 Å². The molecule has 4 nitrogen and oxygen atoms in total. The number of rotatable bonds is 2. The van der Waals surface area contributed by atoms with E-state index in [-0.39, 0.29) is 0 Å². The van der Waals surface area contributed by atoms with Crippen molar-refractivity contribution in [1.82, 2.24) is 4.31 Å². The lowest BCUT2D eigenvalue weighted by atomic mass is 10.3. The number of benzene rings is 1. The lowest BCUT2D eigenvalue weighted by Crippen LogP contribution is -2.38. The van der Waals surface area contributed by atoms with Crippen LogP contribution in [0.2, 0.25) is 0 Å². The fourth-order valence-corrected chi connectivity index (χ4v) is 5.28. The molecule has 17 heavy (non-hydrogen) atoms. The van der Waals surface area contributed by atoms with Crippen molar-refractivity contribution in [3.8, 4) is 0 Å². The summed E-state index contributed by atoms with van der Waals surface area (Å²) in [5, 5.41) is 0. The fourth-order valence-electron chi connectivity index (χ4n) is 1.65. The van der Waals surface area contributed by atoms with Crippen LogP contribution in [0.4, 0.5) is 5.69 Å². The summed E-state index contributed by atoms with van der Waals surface area (Å²) in [7, 11) is -3.39. The first-order valence-electron chi connectivity index (χ1n) is 5.15. The molecule has 0 unspecified atom stereocenters. The normalized spacial score (nSPS) is 18.2. The highest BCUT2D eigenvalue weighted by molar-refractivity contribution is 9.10. The quantitative estimate of drug-likeness (QED) is 0.836. The van der Waals surface area contributed by atoms with Crippen molar-refractivity contribution in [2.24, 2.45) is 0 Å². The van der Waals surface area contributed by atoms with Crippen LogP contribution in [0, 0.1) is 0 Å². The molecule has 1 saturated heterocycles. The predicted molar refractivity (Wildman–Crippen MR) is 74.6 cm³/mol. The summed E-state index contributed by atoms with van der Waals surface area (Å²) in [5.41, 5.74) is 6.15. The minimum atomic E-state index is -3.39. The Morgan fingerprint density at radius 1 is 1.29 bits per heavy atom. The zero-order chi connectivity index (χ0) is 12.5. The van der Waals surface area contributed by atoms with E-state index in [1.807, 2.05) is 0 Å². The summed E-state index contributed by atoms with van der Waals surface area (Å²) in [6.45, 7) is 1.15. The highest BCUT2D eigenvalue weighted by Gasteiger charge is 2.27. The van der Waals surface area contributed by atoms with Gasteiger partial charge in [0.05, 0.1) is 4.90 Å². The van der Waals surface area contributed by atoms with E-state index >= 15 is 0 Å². The van der Waals surface area contributed by atoms with Crippen LogP contribution >= 0.6 is 27.7 Å². The number of nitrogens with two attached hydrogens (primary N) is 1. The molecular formula is C10H13BrN2O2S2. The van der Waals surface area contributed by atoms with E-state index < -0.39 is 10.0 Å². The number of halogens is 1. The van der Waals surface area contributed by atoms with Gasteiger partial charge in [-0.1, -0.05) is 0 Å². The van der Waals surface area contributed by atoms with Crippen LogP contribution in [0.25, 0.3) is 0 Å². The van der Waals surface area contributed by atoms with Gasteiger partial charge in [0.25, 0.3) is 0 Å². The van der Waals surface area contributed by atoms with E-state index in [0.29, 0.717) is 28.1 Å². The second kappa shape index (κ2) is 5.17. The number of thioether (sulfide) groups is 1. The SMILES string of the molecule is Nc1ccc(S(=O)(=O)N2CCSCC2)c(Br)c1. The van der Waals surface area contributed by atoms with Gasteiger partial charge in [0, 0.05) is 34.8 Å². The zero-order valence-corrected chi connectivity index (χ0v) is 12.3. The maximum absolute atomic E-state index is 12.4. The first-order valence-corrected chi connectivity index (χ1v) is 8.53. The third-order valence-corrected chi connectivity index (χ3v) is 6.36. The Hall–Kier alpha value is -0.240. The molecule has 94 valence electrons. The highest BCUT2D eigenvalue weighted by Crippen LogP contribution is 2.28. The summed E-state index contributed by atoms with van der Waals surface area (Å²) < 4.78 is 26.8. The molecule has 1 heterocycles. The molecule has 0 amide bonds. The molecule has 1 aliphatic heterocycles. The molecule has 2 N–H and O–H groups in total. The Labute approximate surface area is 114 Å². The topological polar surface area (TPSA) is 63.4 Å². The van der Waals surface area contributed by atoms with Gasteiger partial charge in [-0.3, -0.25) is 0 Å². The van der Waals surface area contributed by atoms with Crippen LogP contribution in [-0.2, 0) is 10.0 Å². The molecule has 0 saturated carbocycles. The maximum atomic E-state index is 12.4. The molecule has 0 atom stereocenters. The molecule has 0 aromatic heterocycles. The minimum absolute atomic E-state index is 0.290. The average molecular weight is 337 g/mol. The second-order valence-corrected chi connectivity index (χ2v) is 7.69. The Kier molecular flexibility index (Phi) is 4.02. The molecular weight excluding hydrogens is 324 g/mol. The Bertz CT molecular complexity index is 513. The number of hydrogen-bond donors (Lipinski definition) is 1. The Morgan fingerprint density at radius 2 is 1.94 bits per heavy atom. The van der Waals surface area contributed by atoms with Crippen LogP contribution in [-0.4, -0.2) is 37.3 Å². The van der Waals surface area contributed by atoms with Gasteiger partial charge >= 0.3 is 0 Å². The minimum Gasteiger partial charge on any atom is -0.399 e. The average Bonchev–Trinajstić information content (AvgIpc) is 2.29. The molecule has 0 spiro atoms. The van der Waals surface area contributed by atoms with E-state index in [2.05, 4.69) is 15.9 Å². The van der Waals surface area contributed by atoms with Gasteiger partial charge in [-0.15, -0.1) is 0 Å². The third-order valence-electron chi connectivity index (χ3n) is 2.54. The second-order valence-electron chi connectivity index (χ2n) is 3.71. The highest BCUT2D eigenvalue weighted by atomic mass is 79.9. The summed E-state index contributed by atoms with van der Waals surface area (Å²) in [5.74, 6) is 1.71.